The summed E-state index contributed by atoms with van der Waals surface area (Å²) in [6, 6.07) is 8.55. The van der Waals surface area contributed by atoms with E-state index in [1.165, 1.54) is 0 Å². The topological polar surface area (TPSA) is 67.9 Å². The van der Waals surface area contributed by atoms with Crippen molar-refractivity contribution in [2.75, 3.05) is 31.6 Å². The van der Waals surface area contributed by atoms with E-state index in [1.54, 1.807) is 35.2 Å². The SMILES string of the molecule is O=C(Cc1cc2c(cc1Br)OCCO2)Nc1cc(Cl)ccc1C(=O)N1CCCC1. The first-order valence-corrected chi connectivity index (χ1v) is 10.6. The number of carbonyl (C=O) groups excluding carboxylic acids is 2. The number of fused-ring (bicyclic) bond motifs is 1. The number of amides is 2. The van der Waals surface area contributed by atoms with Gasteiger partial charge in [-0.2, -0.15) is 0 Å². The van der Waals surface area contributed by atoms with Gasteiger partial charge in [-0.05, 0) is 48.7 Å². The van der Waals surface area contributed by atoms with E-state index in [-0.39, 0.29) is 18.2 Å². The van der Waals surface area contributed by atoms with Crippen LogP contribution in [-0.4, -0.2) is 43.0 Å². The number of carbonyl (C=O) groups is 2. The summed E-state index contributed by atoms with van der Waals surface area (Å²) in [4.78, 5) is 27.4. The van der Waals surface area contributed by atoms with Crippen LogP contribution in [0.15, 0.2) is 34.8 Å². The summed E-state index contributed by atoms with van der Waals surface area (Å²) in [6.07, 6.45) is 2.11. The molecule has 0 aliphatic carbocycles. The zero-order chi connectivity index (χ0) is 20.4. The molecule has 2 aromatic carbocycles. The van der Waals surface area contributed by atoms with Crippen molar-refractivity contribution in [2.45, 2.75) is 19.3 Å². The smallest absolute Gasteiger partial charge is 0.255 e. The van der Waals surface area contributed by atoms with Crippen molar-refractivity contribution in [1.29, 1.82) is 0 Å². The van der Waals surface area contributed by atoms with E-state index in [0.29, 0.717) is 41.0 Å². The Balaban J connectivity index is 1.53. The van der Waals surface area contributed by atoms with E-state index >= 15 is 0 Å². The molecule has 1 fully saturated rings. The Labute approximate surface area is 182 Å². The number of hydrogen-bond donors (Lipinski definition) is 1. The maximum atomic E-state index is 12.8. The molecular weight excluding hydrogens is 460 g/mol. The highest BCUT2D eigenvalue weighted by Crippen LogP contribution is 2.36. The molecule has 0 unspecified atom stereocenters. The molecule has 2 aliphatic heterocycles. The Morgan fingerprint density at radius 3 is 2.48 bits per heavy atom. The Bertz CT molecular complexity index is 960. The summed E-state index contributed by atoms with van der Waals surface area (Å²) in [6.45, 7) is 2.45. The Morgan fingerprint density at radius 1 is 1.07 bits per heavy atom. The van der Waals surface area contributed by atoms with Crippen molar-refractivity contribution in [1.82, 2.24) is 4.90 Å². The van der Waals surface area contributed by atoms with Crippen molar-refractivity contribution >= 4 is 45.0 Å². The molecule has 6 nitrogen and oxygen atoms in total. The zero-order valence-corrected chi connectivity index (χ0v) is 18.0. The summed E-state index contributed by atoms with van der Waals surface area (Å²) < 4.78 is 11.9. The van der Waals surface area contributed by atoms with Crippen molar-refractivity contribution < 1.29 is 19.1 Å². The monoisotopic (exact) mass is 478 g/mol. The van der Waals surface area contributed by atoms with Crippen LogP contribution in [0.3, 0.4) is 0 Å². The van der Waals surface area contributed by atoms with Gasteiger partial charge in [-0.1, -0.05) is 27.5 Å². The lowest BCUT2D eigenvalue weighted by Gasteiger charge is -2.20. The summed E-state index contributed by atoms with van der Waals surface area (Å²) in [5.41, 5.74) is 1.64. The Kier molecular flexibility index (Phi) is 5.96. The molecule has 152 valence electrons. The predicted octanol–water partition coefficient (Wildman–Crippen LogP) is 4.29. The van der Waals surface area contributed by atoms with Gasteiger partial charge in [0, 0.05) is 22.6 Å². The highest BCUT2D eigenvalue weighted by atomic mass is 79.9. The molecule has 2 heterocycles. The molecule has 2 amide bonds. The van der Waals surface area contributed by atoms with Crippen molar-refractivity contribution in [3.63, 3.8) is 0 Å². The van der Waals surface area contributed by atoms with Gasteiger partial charge in [0.1, 0.15) is 13.2 Å². The number of hydrogen-bond acceptors (Lipinski definition) is 4. The number of anilines is 1. The van der Waals surface area contributed by atoms with Crippen molar-refractivity contribution in [2.24, 2.45) is 0 Å². The van der Waals surface area contributed by atoms with Gasteiger partial charge in [-0.15, -0.1) is 0 Å². The molecule has 0 bridgehead atoms. The molecule has 4 rings (SSSR count). The molecule has 0 aromatic heterocycles. The van der Waals surface area contributed by atoms with Gasteiger partial charge in [0.05, 0.1) is 17.7 Å². The fraction of sp³-hybridized carbons (Fsp3) is 0.333. The van der Waals surface area contributed by atoms with Crippen LogP contribution in [0.25, 0.3) is 0 Å². The van der Waals surface area contributed by atoms with Crippen LogP contribution < -0.4 is 14.8 Å². The summed E-state index contributed by atoms with van der Waals surface area (Å²) in [5, 5.41) is 3.30. The molecular formula is C21H20BrClN2O4. The quantitative estimate of drug-likeness (QED) is 0.710. The minimum Gasteiger partial charge on any atom is -0.486 e. The Morgan fingerprint density at radius 2 is 1.76 bits per heavy atom. The van der Waals surface area contributed by atoms with Gasteiger partial charge >= 0.3 is 0 Å². The third-order valence-electron chi connectivity index (χ3n) is 4.94. The number of ether oxygens (including phenoxy) is 2. The van der Waals surface area contributed by atoms with E-state index in [0.717, 1.165) is 36.0 Å². The van der Waals surface area contributed by atoms with Crippen LogP contribution in [0.1, 0.15) is 28.8 Å². The molecule has 2 aromatic rings. The fourth-order valence-corrected chi connectivity index (χ4v) is 4.14. The van der Waals surface area contributed by atoms with Crippen molar-refractivity contribution in [3.05, 3.63) is 51.0 Å². The zero-order valence-electron chi connectivity index (χ0n) is 15.7. The van der Waals surface area contributed by atoms with Gasteiger partial charge in [-0.3, -0.25) is 9.59 Å². The molecule has 8 heteroatoms. The van der Waals surface area contributed by atoms with Gasteiger partial charge in [0.15, 0.2) is 11.5 Å². The lowest BCUT2D eigenvalue weighted by molar-refractivity contribution is -0.115. The third kappa shape index (κ3) is 4.51. The predicted molar refractivity (Wildman–Crippen MR) is 114 cm³/mol. The average molecular weight is 480 g/mol. The van der Waals surface area contributed by atoms with Crippen molar-refractivity contribution in [3.8, 4) is 11.5 Å². The number of likely N-dealkylation sites (tertiary alicyclic amines) is 1. The molecule has 29 heavy (non-hydrogen) atoms. The van der Waals surface area contributed by atoms with Crippen LogP contribution in [-0.2, 0) is 11.2 Å². The van der Waals surface area contributed by atoms with E-state index in [4.69, 9.17) is 21.1 Å². The summed E-state index contributed by atoms with van der Waals surface area (Å²) >= 11 is 9.60. The van der Waals surface area contributed by atoms with Crippen LogP contribution in [0.2, 0.25) is 5.02 Å². The first kappa shape index (κ1) is 20.0. The molecule has 1 N–H and O–H groups in total. The first-order chi connectivity index (χ1) is 14.0. The largest absolute Gasteiger partial charge is 0.486 e. The normalized spacial score (nSPS) is 15.3. The molecule has 0 atom stereocenters. The van der Waals surface area contributed by atoms with E-state index in [1.807, 2.05) is 0 Å². The van der Waals surface area contributed by atoms with E-state index < -0.39 is 0 Å². The van der Waals surface area contributed by atoms with E-state index in [2.05, 4.69) is 21.2 Å². The highest BCUT2D eigenvalue weighted by Gasteiger charge is 2.23. The van der Waals surface area contributed by atoms with Gasteiger partial charge < -0.3 is 19.7 Å². The Hall–Kier alpha value is -2.25. The maximum absolute atomic E-state index is 12.8. The number of halogens is 2. The number of nitrogens with zero attached hydrogens (tertiary/aromatic N) is 1. The van der Waals surface area contributed by atoms with Crippen LogP contribution >= 0.6 is 27.5 Å². The second-order valence-electron chi connectivity index (χ2n) is 7.00. The molecule has 2 aliphatic rings. The summed E-state index contributed by atoms with van der Waals surface area (Å²) in [7, 11) is 0. The van der Waals surface area contributed by atoms with Crippen LogP contribution in [0.4, 0.5) is 5.69 Å². The number of benzene rings is 2. The third-order valence-corrected chi connectivity index (χ3v) is 5.91. The number of nitrogens with one attached hydrogen (secondary N) is 1. The maximum Gasteiger partial charge on any atom is 0.255 e. The standard InChI is InChI=1S/C21H20BrClN2O4/c22-16-12-19-18(28-7-8-29-19)9-13(16)10-20(26)24-17-11-14(23)3-4-15(17)21(27)25-5-1-2-6-25/h3-4,9,11-12H,1-2,5-8,10H2,(H,24,26). The van der Waals surface area contributed by atoms with E-state index in [9.17, 15) is 9.59 Å². The van der Waals surface area contributed by atoms with Crippen LogP contribution in [0.5, 0.6) is 11.5 Å². The fourth-order valence-electron chi connectivity index (χ4n) is 3.51. The molecule has 0 saturated carbocycles. The average Bonchev–Trinajstić information content (AvgIpc) is 3.23. The molecule has 1 saturated heterocycles. The van der Waals surface area contributed by atoms with Crippen LogP contribution in [0, 0.1) is 0 Å². The van der Waals surface area contributed by atoms with Gasteiger partial charge in [-0.25, -0.2) is 0 Å². The minimum atomic E-state index is -0.250. The van der Waals surface area contributed by atoms with Gasteiger partial charge in [0.25, 0.3) is 5.91 Å². The first-order valence-electron chi connectivity index (χ1n) is 9.48. The second-order valence-corrected chi connectivity index (χ2v) is 8.29. The lowest BCUT2D eigenvalue weighted by Crippen LogP contribution is -2.29. The number of rotatable bonds is 4. The second kappa shape index (κ2) is 8.63. The minimum absolute atomic E-state index is 0.0880. The summed E-state index contributed by atoms with van der Waals surface area (Å²) in [5.74, 6) is 0.936. The molecule has 0 radical (unpaired) electrons. The van der Waals surface area contributed by atoms with Gasteiger partial charge in [0.2, 0.25) is 5.91 Å². The lowest BCUT2D eigenvalue weighted by atomic mass is 10.1. The highest BCUT2D eigenvalue weighted by molar-refractivity contribution is 9.10. The molecule has 0 spiro atoms.